The molecule has 92 valence electrons. The second-order valence-electron chi connectivity index (χ2n) is 4.94. The van der Waals surface area contributed by atoms with Crippen molar-refractivity contribution in [1.82, 2.24) is 4.90 Å². The van der Waals surface area contributed by atoms with Gasteiger partial charge in [-0.05, 0) is 18.8 Å². The minimum Gasteiger partial charge on any atom is -0.411 e. The number of ether oxygens (including phenoxy) is 1. The molecule has 0 saturated carbocycles. The van der Waals surface area contributed by atoms with Crippen molar-refractivity contribution in [3.63, 3.8) is 0 Å². The molecule has 0 aromatic carbocycles. The summed E-state index contributed by atoms with van der Waals surface area (Å²) in [6.07, 6.45) is 3.19. The van der Waals surface area contributed by atoms with Gasteiger partial charge in [-0.3, -0.25) is 0 Å². The summed E-state index contributed by atoms with van der Waals surface area (Å²) in [6, 6.07) is 0. The van der Waals surface area contributed by atoms with Gasteiger partial charge in [0.05, 0.1) is 12.3 Å². The van der Waals surface area contributed by atoms with Crippen LogP contribution < -0.4 is 0 Å². The van der Waals surface area contributed by atoms with Crippen LogP contribution in [0.2, 0.25) is 0 Å². The zero-order valence-electron chi connectivity index (χ0n) is 10.1. The highest BCUT2D eigenvalue weighted by Gasteiger charge is 2.27. The summed E-state index contributed by atoms with van der Waals surface area (Å²) in [7, 11) is 0. The van der Waals surface area contributed by atoms with Crippen LogP contribution in [0.5, 0.6) is 0 Å². The molecule has 1 N–H and O–H groups in total. The van der Waals surface area contributed by atoms with Gasteiger partial charge in [-0.1, -0.05) is 12.1 Å². The molecule has 2 aliphatic rings. The molecule has 2 fully saturated rings. The maximum absolute atomic E-state index is 8.91. The Bertz CT molecular complexity index is 249. The van der Waals surface area contributed by atoms with Gasteiger partial charge in [0.2, 0.25) is 0 Å². The highest BCUT2D eigenvalue weighted by Crippen LogP contribution is 2.21. The van der Waals surface area contributed by atoms with Gasteiger partial charge in [0.15, 0.2) is 0 Å². The molecule has 0 spiro atoms. The highest BCUT2D eigenvalue weighted by atomic mass is 16.5. The number of likely N-dealkylation sites (tertiary alicyclic amines) is 1. The summed E-state index contributed by atoms with van der Waals surface area (Å²) in [5.74, 6) is 1.16. The summed E-state index contributed by atoms with van der Waals surface area (Å²) in [5, 5.41) is 12.3. The van der Waals surface area contributed by atoms with Gasteiger partial charge in [-0.15, -0.1) is 0 Å². The van der Waals surface area contributed by atoms with Crippen molar-refractivity contribution >= 4 is 5.71 Å². The maximum atomic E-state index is 8.91. The number of piperidine rings is 1. The first-order valence-electron chi connectivity index (χ1n) is 6.34. The third-order valence-electron chi connectivity index (χ3n) is 3.80. The monoisotopic (exact) mass is 226 g/mol. The Labute approximate surface area is 97.3 Å². The third-order valence-corrected chi connectivity index (χ3v) is 3.80. The lowest BCUT2D eigenvalue weighted by molar-refractivity contribution is 0.158. The molecule has 0 amide bonds. The van der Waals surface area contributed by atoms with E-state index < -0.39 is 0 Å². The van der Waals surface area contributed by atoms with E-state index in [1.54, 1.807) is 0 Å². The Morgan fingerprint density at radius 3 is 3.06 bits per heavy atom. The summed E-state index contributed by atoms with van der Waals surface area (Å²) in [5.41, 5.74) is 0.987. The third kappa shape index (κ3) is 2.74. The molecular weight excluding hydrogens is 204 g/mol. The van der Waals surface area contributed by atoms with Crippen molar-refractivity contribution in [2.45, 2.75) is 26.2 Å². The standard InChI is InChI=1S/C12H22N2O2/c1-2-11-8-14(5-3-12(11)13-15)7-10-4-6-16-9-10/h10-11,15H,2-9H2,1H3. The molecule has 0 aliphatic carbocycles. The molecule has 0 aromatic heterocycles. The lowest BCUT2D eigenvalue weighted by atomic mass is 9.92. The van der Waals surface area contributed by atoms with E-state index in [9.17, 15) is 0 Å². The fraction of sp³-hybridized carbons (Fsp3) is 0.917. The van der Waals surface area contributed by atoms with Crippen molar-refractivity contribution in [2.24, 2.45) is 17.0 Å². The average Bonchev–Trinajstić information content (AvgIpc) is 2.81. The van der Waals surface area contributed by atoms with E-state index in [0.29, 0.717) is 11.8 Å². The molecule has 2 aliphatic heterocycles. The number of rotatable bonds is 3. The normalized spacial score (nSPS) is 34.7. The summed E-state index contributed by atoms with van der Waals surface area (Å²) < 4.78 is 5.40. The van der Waals surface area contributed by atoms with Gasteiger partial charge in [-0.25, -0.2) is 0 Å². The second kappa shape index (κ2) is 5.64. The van der Waals surface area contributed by atoms with Crippen LogP contribution in [-0.2, 0) is 4.74 Å². The molecule has 4 nitrogen and oxygen atoms in total. The molecule has 0 radical (unpaired) electrons. The average molecular weight is 226 g/mol. The van der Waals surface area contributed by atoms with Crippen molar-refractivity contribution in [1.29, 1.82) is 0 Å². The Morgan fingerprint density at radius 1 is 1.56 bits per heavy atom. The molecule has 2 atom stereocenters. The minimum atomic E-state index is 0.445. The largest absolute Gasteiger partial charge is 0.411 e. The van der Waals surface area contributed by atoms with Gasteiger partial charge in [0, 0.05) is 38.6 Å². The fourth-order valence-corrected chi connectivity index (χ4v) is 2.74. The quantitative estimate of drug-likeness (QED) is 0.587. The van der Waals surface area contributed by atoms with Gasteiger partial charge >= 0.3 is 0 Å². The van der Waals surface area contributed by atoms with Crippen LogP contribution in [0.4, 0.5) is 0 Å². The molecule has 0 bridgehead atoms. The lowest BCUT2D eigenvalue weighted by Crippen LogP contribution is -2.43. The van der Waals surface area contributed by atoms with Gasteiger partial charge in [0.25, 0.3) is 0 Å². The van der Waals surface area contributed by atoms with E-state index in [2.05, 4.69) is 17.0 Å². The lowest BCUT2D eigenvalue weighted by Gasteiger charge is -2.34. The van der Waals surface area contributed by atoms with Crippen LogP contribution in [0.3, 0.4) is 0 Å². The fourth-order valence-electron chi connectivity index (χ4n) is 2.74. The molecule has 2 saturated heterocycles. The predicted molar refractivity (Wildman–Crippen MR) is 63.0 cm³/mol. The highest BCUT2D eigenvalue weighted by molar-refractivity contribution is 5.87. The van der Waals surface area contributed by atoms with Crippen LogP contribution in [0.1, 0.15) is 26.2 Å². The zero-order valence-corrected chi connectivity index (χ0v) is 10.1. The van der Waals surface area contributed by atoms with Crippen LogP contribution >= 0.6 is 0 Å². The van der Waals surface area contributed by atoms with E-state index in [1.165, 1.54) is 6.42 Å². The molecule has 0 aromatic rings. The maximum Gasteiger partial charge on any atom is 0.0627 e. The van der Waals surface area contributed by atoms with Crippen LogP contribution in [-0.4, -0.2) is 48.7 Å². The minimum absolute atomic E-state index is 0.445. The SMILES string of the molecule is CCC1CN(CC2CCOC2)CCC1=NO. The number of hydrogen-bond acceptors (Lipinski definition) is 4. The van der Waals surface area contributed by atoms with E-state index in [0.717, 1.165) is 51.4 Å². The Balaban J connectivity index is 1.84. The summed E-state index contributed by atoms with van der Waals surface area (Å²) in [6.45, 7) is 7.25. The van der Waals surface area contributed by atoms with Crippen molar-refractivity contribution in [3.8, 4) is 0 Å². The van der Waals surface area contributed by atoms with E-state index in [1.807, 2.05) is 0 Å². The number of oxime groups is 1. The first-order valence-corrected chi connectivity index (χ1v) is 6.34. The van der Waals surface area contributed by atoms with E-state index in [-0.39, 0.29) is 0 Å². The summed E-state index contributed by atoms with van der Waals surface area (Å²) in [4.78, 5) is 2.50. The first-order chi connectivity index (χ1) is 7.83. The van der Waals surface area contributed by atoms with Crippen LogP contribution in [0, 0.1) is 11.8 Å². The second-order valence-corrected chi connectivity index (χ2v) is 4.94. The molecule has 2 unspecified atom stereocenters. The van der Waals surface area contributed by atoms with Gasteiger partial charge in [-0.2, -0.15) is 0 Å². The van der Waals surface area contributed by atoms with Crippen molar-refractivity contribution < 1.29 is 9.94 Å². The molecule has 16 heavy (non-hydrogen) atoms. The zero-order chi connectivity index (χ0) is 11.4. The van der Waals surface area contributed by atoms with Gasteiger partial charge < -0.3 is 14.8 Å². The van der Waals surface area contributed by atoms with Crippen LogP contribution in [0.25, 0.3) is 0 Å². The van der Waals surface area contributed by atoms with E-state index in [4.69, 9.17) is 9.94 Å². The smallest absolute Gasteiger partial charge is 0.0627 e. The van der Waals surface area contributed by atoms with Crippen molar-refractivity contribution in [2.75, 3.05) is 32.8 Å². The molecule has 4 heteroatoms. The molecular formula is C12H22N2O2. The molecule has 2 rings (SSSR count). The number of hydrogen-bond donors (Lipinski definition) is 1. The first kappa shape index (κ1) is 11.9. The number of nitrogens with zero attached hydrogens (tertiary/aromatic N) is 2. The Hall–Kier alpha value is -0.610. The van der Waals surface area contributed by atoms with E-state index >= 15 is 0 Å². The van der Waals surface area contributed by atoms with Crippen molar-refractivity contribution in [3.05, 3.63) is 0 Å². The topological polar surface area (TPSA) is 45.1 Å². The summed E-state index contributed by atoms with van der Waals surface area (Å²) >= 11 is 0. The Morgan fingerprint density at radius 2 is 2.44 bits per heavy atom. The predicted octanol–water partition coefficient (Wildman–Crippen LogP) is 1.58. The van der Waals surface area contributed by atoms with Gasteiger partial charge in [0.1, 0.15) is 0 Å². The Kier molecular flexibility index (Phi) is 4.18. The van der Waals surface area contributed by atoms with Crippen LogP contribution in [0.15, 0.2) is 5.16 Å². The molecule has 2 heterocycles.